The number of nitrogens with zero attached hydrogens (tertiary/aromatic N) is 2. The minimum Gasteiger partial charge on any atom is -0.481 e. The first kappa shape index (κ1) is 19.8. The summed E-state index contributed by atoms with van der Waals surface area (Å²) in [5.41, 5.74) is 1.92. The highest BCUT2D eigenvalue weighted by atomic mass is 79.9. The second-order valence-electron chi connectivity index (χ2n) is 5.23. The van der Waals surface area contributed by atoms with E-state index in [0.29, 0.717) is 5.56 Å². The van der Waals surface area contributed by atoms with Crippen LogP contribution in [0.3, 0.4) is 0 Å². The number of carbonyl (C=O) groups is 2. The Morgan fingerprint density at radius 3 is 2.42 bits per heavy atom. The largest absolute Gasteiger partial charge is 0.481 e. The summed E-state index contributed by atoms with van der Waals surface area (Å²) in [6, 6.07) is 12.1. The molecule has 2 aromatic rings. The summed E-state index contributed by atoms with van der Waals surface area (Å²) in [4.78, 5) is 27.0. The molecule has 0 spiro atoms. The maximum absolute atomic E-state index is 12.2. The summed E-state index contributed by atoms with van der Waals surface area (Å²) in [5.74, 6) is -0.827. The van der Waals surface area contributed by atoms with Crippen LogP contribution in [0.25, 0.3) is 0 Å². The molecule has 5 nitrogen and oxygen atoms in total. The zero-order valence-corrected chi connectivity index (χ0v) is 15.4. The molecule has 0 radical (unpaired) electrons. The number of amides is 1. The normalized spacial score (nSPS) is 9.62. The number of benzene rings is 1. The SMILES string of the molecule is CC(=O)O.CN(CCCc1ccccc1)C(=O)c1cncc(Br)c1. The molecule has 1 amide bonds. The van der Waals surface area contributed by atoms with E-state index in [2.05, 4.69) is 33.0 Å². The number of hydrogen-bond donors (Lipinski definition) is 1. The van der Waals surface area contributed by atoms with Crippen molar-refractivity contribution in [1.82, 2.24) is 9.88 Å². The van der Waals surface area contributed by atoms with E-state index < -0.39 is 5.97 Å². The van der Waals surface area contributed by atoms with Crippen LogP contribution in [0.2, 0.25) is 0 Å². The molecule has 0 atom stereocenters. The van der Waals surface area contributed by atoms with Crippen molar-refractivity contribution < 1.29 is 14.7 Å². The number of hydrogen-bond acceptors (Lipinski definition) is 3. The minimum absolute atomic E-state index is 0.00635. The third kappa shape index (κ3) is 7.87. The molecule has 0 saturated carbocycles. The van der Waals surface area contributed by atoms with Crippen molar-refractivity contribution in [2.24, 2.45) is 0 Å². The highest BCUT2D eigenvalue weighted by molar-refractivity contribution is 9.10. The van der Waals surface area contributed by atoms with Gasteiger partial charge in [-0.1, -0.05) is 30.3 Å². The van der Waals surface area contributed by atoms with E-state index >= 15 is 0 Å². The number of aliphatic carboxylic acids is 1. The Kier molecular flexibility index (Phi) is 8.71. The van der Waals surface area contributed by atoms with E-state index in [0.717, 1.165) is 30.8 Å². The second-order valence-corrected chi connectivity index (χ2v) is 6.14. The molecule has 1 heterocycles. The number of rotatable bonds is 5. The lowest BCUT2D eigenvalue weighted by Crippen LogP contribution is -2.28. The Labute approximate surface area is 150 Å². The third-order valence-electron chi connectivity index (χ3n) is 3.10. The van der Waals surface area contributed by atoms with Crippen molar-refractivity contribution in [2.45, 2.75) is 19.8 Å². The summed E-state index contributed by atoms with van der Waals surface area (Å²) in [7, 11) is 1.83. The first-order valence-electron chi connectivity index (χ1n) is 7.49. The molecular weight excluding hydrogens is 372 g/mol. The maximum Gasteiger partial charge on any atom is 0.300 e. The Morgan fingerprint density at radius 1 is 1.21 bits per heavy atom. The molecule has 24 heavy (non-hydrogen) atoms. The van der Waals surface area contributed by atoms with Crippen molar-refractivity contribution in [1.29, 1.82) is 0 Å². The summed E-state index contributed by atoms with van der Waals surface area (Å²) in [6.45, 7) is 1.82. The van der Waals surface area contributed by atoms with Crippen LogP contribution in [0.15, 0.2) is 53.3 Å². The number of carboxylic acids is 1. The van der Waals surface area contributed by atoms with E-state index in [1.165, 1.54) is 5.56 Å². The standard InChI is InChI=1S/C16H17BrN2O.C2H4O2/c1-19(9-5-8-13-6-3-2-4-7-13)16(20)14-10-15(17)12-18-11-14;1-2(3)4/h2-4,6-7,10-12H,5,8-9H2,1H3;1H3,(H,3,4). The fourth-order valence-electron chi connectivity index (χ4n) is 2.02. The van der Waals surface area contributed by atoms with Crippen molar-refractivity contribution in [3.05, 3.63) is 64.4 Å². The fourth-order valence-corrected chi connectivity index (χ4v) is 2.38. The molecule has 2 rings (SSSR count). The molecule has 128 valence electrons. The summed E-state index contributed by atoms with van der Waals surface area (Å²) < 4.78 is 0.820. The van der Waals surface area contributed by atoms with Crippen LogP contribution in [-0.4, -0.2) is 40.5 Å². The molecule has 0 fully saturated rings. The molecular formula is C18H21BrN2O3. The predicted molar refractivity (Wildman–Crippen MR) is 97.0 cm³/mol. The van der Waals surface area contributed by atoms with Gasteiger partial charge in [0.1, 0.15) is 0 Å². The second kappa shape index (κ2) is 10.5. The van der Waals surface area contributed by atoms with Gasteiger partial charge in [0, 0.05) is 37.4 Å². The van der Waals surface area contributed by atoms with Crippen LogP contribution < -0.4 is 0 Å². The zero-order chi connectivity index (χ0) is 17.9. The molecule has 0 aliphatic carbocycles. The Morgan fingerprint density at radius 2 is 1.83 bits per heavy atom. The Balaban J connectivity index is 0.000000648. The maximum atomic E-state index is 12.2. The quantitative estimate of drug-likeness (QED) is 0.842. The summed E-state index contributed by atoms with van der Waals surface area (Å²) >= 11 is 3.33. The van der Waals surface area contributed by atoms with Gasteiger partial charge in [-0.25, -0.2) is 0 Å². The lowest BCUT2D eigenvalue weighted by Gasteiger charge is -2.17. The number of carbonyl (C=O) groups excluding carboxylic acids is 1. The first-order valence-corrected chi connectivity index (χ1v) is 8.29. The van der Waals surface area contributed by atoms with E-state index in [9.17, 15) is 4.79 Å². The Hall–Kier alpha value is -2.21. The molecule has 0 aliphatic heterocycles. The molecule has 0 aliphatic rings. The lowest BCUT2D eigenvalue weighted by molar-refractivity contribution is -0.134. The lowest BCUT2D eigenvalue weighted by atomic mass is 10.1. The smallest absolute Gasteiger partial charge is 0.300 e. The molecule has 6 heteroatoms. The number of aromatic nitrogens is 1. The number of pyridine rings is 1. The molecule has 1 aromatic carbocycles. The van der Waals surface area contributed by atoms with Gasteiger partial charge in [-0.05, 0) is 40.4 Å². The van der Waals surface area contributed by atoms with E-state index in [4.69, 9.17) is 9.90 Å². The summed E-state index contributed by atoms with van der Waals surface area (Å²) in [5, 5.41) is 7.42. The van der Waals surface area contributed by atoms with Gasteiger partial charge in [-0.2, -0.15) is 0 Å². The van der Waals surface area contributed by atoms with E-state index in [-0.39, 0.29) is 5.91 Å². The third-order valence-corrected chi connectivity index (χ3v) is 3.53. The van der Waals surface area contributed by atoms with Gasteiger partial charge in [0.25, 0.3) is 11.9 Å². The van der Waals surface area contributed by atoms with Crippen LogP contribution in [0.4, 0.5) is 0 Å². The fraction of sp³-hybridized carbons (Fsp3) is 0.278. The van der Waals surface area contributed by atoms with E-state index in [1.807, 2.05) is 25.2 Å². The van der Waals surface area contributed by atoms with Crippen LogP contribution >= 0.6 is 15.9 Å². The van der Waals surface area contributed by atoms with Gasteiger partial charge in [-0.15, -0.1) is 0 Å². The summed E-state index contributed by atoms with van der Waals surface area (Å²) in [6.07, 6.45) is 5.20. The number of halogens is 1. The predicted octanol–water partition coefficient (Wildman–Crippen LogP) is 3.64. The molecule has 1 N–H and O–H groups in total. The molecule has 0 bridgehead atoms. The monoisotopic (exact) mass is 392 g/mol. The highest BCUT2D eigenvalue weighted by Gasteiger charge is 2.11. The van der Waals surface area contributed by atoms with Crippen LogP contribution in [0.1, 0.15) is 29.3 Å². The zero-order valence-electron chi connectivity index (χ0n) is 13.8. The number of aryl methyl sites for hydroxylation is 1. The Bertz CT molecular complexity index is 658. The highest BCUT2D eigenvalue weighted by Crippen LogP contribution is 2.11. The van der Waals surface area contributed by atoms with Gasteiger partial charge in [0.05, 0.1) is 5.56 Å². The van der Waals surface area contributed by atoms with E-state index in [1.54, 1.807) is 23.4 Å². The average Bonchev–Trinajstić information content (AvgIpc) is 2.54. The van der Waals surface area contributed by atoms with Crippen molar-refractivity contribution in [3.8, 4) is 0 Å². The van der Waals surface area contributed by atoms with Crippen molar-refractivity contribution >= 4 is 27.8 Å². The number of carboxylic acid groups (broad SMARTS) is 1. The topological polar surface area (TPSA) is 70.5 Å². The van der Waals surface area contributed by atoms with Gasteiger partial charge in [0.15, 0.2) is 0 Å². The van der Waals surface area contributed by atoms with Crippen LogP contribution in [0.5, 0.6) is 0 Å². The van der Waals surface area contributed by atoms with Gasteiger partial charge < -0.3 is 10.0 Å². The molecule has 0 saturated heterocycles. The first-order chi connectivity index (χ1) is 11.4. The molecule has 0 unspecified atom stereocenters. The van der Waals surface area contributed by atoms with Crippen molar-refractivity contribution in [2.75, 3.05) is 13.6 Å². The molecule has 1 aromatic heterocycles. The average molecular weight is 393 g/mol. The van der Waals surface area contributed by atoms with Gasteiger partial charge in [-0.3, -0.25) is 14.6 Å². The van der Waals surface area contributed by atoms with Crippen LogP contribution in [0, 0.1) is 0 Å². The minimum atomic E-state index is -0.833. The van der Waals surface area contributed by atoms with Crippen LogP contribution in [-0.2, 0) is 11.2 Å². The van der Waals surface area contributed by atoms with Gasteiger partial charge >= 0.3 is 0 Å². The van der Waals surface area contributed by atoms with Gasteiger partial charge in [0.2, 0.25) is 0 Å². The van der Waals surface area contributed by atoms with Crippen molar-refractivity contribution in [3.63, 3.8) is 0 Å².